The third-order valence-electron chi connectivity index (χ3n) is 2.70. The van der Waals surface area contributed by atoms with Crippen molar-refractivity contribution in [1.29, 1.82) is 0 Å². The van der Waals surface area contributed by atoms with E-state index in [4.69, 9.17) is 5.11 Å². The van der Waals surface area contributed by atoms with Gasteiger partial charge in [-0.05, 0) is 25.5 Å². The van der Waals surface area contributed by atoms with Crippen LogP contribution in [-0.4, -0.2) is 27.0 Å². The molecule has 0 radical (unpaired) electrons. The van der Waals surface area contributed by atoms with Crippen molar-refractivity contribution in [2.24, 2.45) is 0 Å². The highest BCUT2D eigenvalue weighted by molar-refractivity contribution is 6.08. The molecule has 6 heteroatoms. The lowest BCUT2D eigenvalue weighted by Gasteiger charge is -2.08. The average molecular weight is 259 g/mol. The Morgan fingerprint density at radius 2 is 2.05 bits per heavy atom. The summed E-state index contributed by atoms with van der Waals surface area (Å²) in [6, 6.07) is 5.57. The van der Waals surface area contributed by atoms with Gasteiger partial charge in [-0.1, -0.05) is 17.7 Å². The van der Waals surface area contributed by atoms with E-state index in [1.807, 2.05) is 26.0 Å². The molecule has 0 saturated carbocycles. The molecule has 0 spiro atoms. The van der Waals surface area contributed by atoms with Crippen LogP contribution >= 0.6 is 0 Å². The molecule has 0 aliphatic heterocycles. The van der Waals surface area contributed by atoms with E-state index in [2.05, 4.69) is 15.3 Å². The summed E-state index contributed by atoms with van der Waals surface area (Å²) in [6.45, 7) is 3.82. The number of hydrogen-bond acceptors (Lipinski definition) is 3. The van der Waals surface area contributed by atoms with Crippen LogP contribution in [0.3, 0.4) is 0 Å². The molecule has 0 saturated heterocycles. The highest BCUT2D eigenvalue weighted by atomic mass is 16.4. The first-order valence-electron chi connectivity index (χ1n) is 5.64. The molecule has 0 fully saturated rings. The Bertz CT molecular complexity index is 646. The molecule has 98 valence electrons. The van der Waals surface area contributed by atoms with Crippen molar-refractivity contribution in [3.05, 3.63) is 47.0 Å². The van der Waals surface area contributed by atoms with Crippen LogP contribution in [0, 0.1) is 13.8 Å². The van der Waals surface area contributed by atoms with Crippen molar-refractivity contribution in [2.75, 3.05) is 5.32 Å². The van der Waals surface area contributed by atoms with E-state index in [-0.39, 0.29) is 11.4 Å². The molecule has 2 aromatic rings. The van der Waals surface area contributed by atoms with Gasteiger partial charge >= 0.3 is 5.97 Å². The van der Waals surface area contributed by atoms with Crippen molar-refractivity contribution >= 4 is 17.6 Å². The number of aromatic nitrogens is 2. The standard InChI is InChI=1S/C13H13N3O3/c1-7-3-4-9(8(2)5-7)16-12(17)10-11(13(18)19)15-6-14-10/h3-6H,1-2H3,(H,14,15)(H,16,17)(H,18,19). The fourth-order valence-electron chi connectivity index (χ4n) is 1.76. The second-order valence-electron chi connectivity index (χ2n) is 4.20. The maximum Gasteiger partial charge on any atom is 0.354 e. The third-order valence-corrected chi connectivity index (χ3v) is 2.70. The molecule has 1 aromatic heterocycles. The molecule has 0 aliphatic rings. The summed E-state index contributed by atoms with van der Waals surface area (Å²) in [7, 11) is 0. The summed E-state index contributed by atoms with van der Waals surface area (Å²) in [6.07, 6.45) is 1.18. The summed E-state index contributed by atoms with van der Waals surface area (Å²) >= 11 is 0. The zero-order valence-corrected chi connectivity index (χ0v) is 10.5. The summed E-state index contributed by atoms with van der Waals surface area (Å²) in [5.41, 5.74) is 2.27. The molecule has 0 unspecified atom stereocenters. The molecule has 1 aromatic carbocycles. The van der Waals surface area contributed by atoms with E-state index < -0.39 is 11.9 Å². The second kappa shape index (κ2) is 4.93. The van der Waals surface area contributed by atoms with Crippen molar-refractivity contribution in [1.82, 2.24) is 9.97 Å². The number of H-pyrrole nitrogens is 1. The van der Waals surface area contributed by atoms with Crippen molar-refractivity contribution in [2.45, 2.75) is 13.8 Å². The van der Waals surface area contributed by atoms with Gasteiger partial charge in [-0.2, -0.15) is 0 Å². The lowest BCUT2D eigenvalue weighted by Crippen LogP contribution is -2.17. The number of nitrogens with zero attached hydrogens (tertiary/aromatic N) is 1. The number of nitrogens with one attached hydrogen (secondary N) is 2. The van der Waals surface area contributed by atoms with E-state index in [0.717, 1.165) is 11.1 Å². The minimum absolute atomic E-state index is 0.132. The quantitative estimate of drug-likeness (QED) is 0.785. The largest absolute Gasteiger partial charge is 0.477 e. The van der Waals surface area contributed by atoms with Gasteiger partial charge in [0.15, 0.2) is 11.4 Å². The first-order valence-corrected chi connectivity index (χ1v) is 5.64. The normalized spacial score (nSPS) is 10.2. The van der Waals surface area contributed by atoms with Gasteiger partial charge in [0.05, 0.1) is 6.33 Å². The number of rotatable bonds is 3. The minimum Gasteiger partial charge on any atom is -0.477 e. The number of carbonyl (C=O) groups excluding carboxylic acids is 1. The third kappa shape index (κ3) is 2.62. The molecule has 1 heterocycles. The molecular weight excluding hydrogens is 246 g/mol. The van der Waals surface area contributed by atoms with E-state index in [9.17, 15) is 9.59 Å². The molecule has 0 aliphatic carbocycles. The Labute approximate surface area is 109 Å². The van der Waals surface area contributed by atoms with Crippen LogP contribution in [0.15, 0.2) is 24.5 Å². The molecule has 1 amide bonds. The molecule has 2 rings (SSSR count). The number of anilines is 1. The van der Waals surface area contributed by atoms with Crippen molar-refractivity contribution < 1.29 is 14.7 Å². The van der Waals surface area contributed by atoms with Gasteiger partial charge in [0, 0.05) is 5.69 Å². The van der Waals surface area contributed by atoms with Gasteiger partial charge in [0.2, 0.25) is 0 Å². The zero-order valence-electron chi connectivity index (χ0n) is 10.5. The number of aromatic carboxylic acids is 1. The van der Waals surface area contributed by atoms with Crippen LogP contribution < -0.4 is 5.32 Å². The molecule has 6 nitrogen and oxygen atoms in total. The number of benzene rings is 1. The van der Waals surface area contributed by atoms with Gasteiger partial charge in [-0.25, -0.2) is 9.78 Å². The highest BCUT2D eigenvalue weighted by Crippen LogP contribution is 2.17. The van der Waals surface area contributed by atoms with Gasteiger partial charge in [-0.3, -0.25) is 4.79 Å². The monoisotopic (exact) mass is 259 g/mol. The lowest BCUT2D eigenvalue weighted by atomic mass is 10.1. The fraction of sp³-hybridized carbons (Fsp3) is 0.154. The number of carboxylic acid groups (broad SMARTS) is 1. The smallest absolute Gasteiger partial charge is 0.354 e. The van der Waals surface area contributed by atoms with Gasteiger partial charge in [0.25, 0.3) is 5.91 Å². The predicted molar refractivity (Wildman–Crippen MR) is 69.4 cm³/mol. The summed E-state index contributed by atoms with van der Waals surface area (Å²) in [5, 5.41) is 11.6. The van der Waals surface area contributed by atoms with Crippen molar-refractivity contribution in [3.8, 4) is 0 Å². The highest BCUT2D eigenvalue weighted by Gasteiger charge is 2.20. The average Bonchev–Trinajstić information content (AvgIpc) is 2.82. The van der Waals surface area contributed by atoms with Crippen molar-refractivity contribution in [3.63, 3.8) is 0 Å². The number of carbonyl (C=O) groups is 2. The Morgan fingerprint density at radius 1 is 1.32 bits per heavy atom. The SMILES string of the molecule is Cc1ccc(NC(=O)c2nc[nH]c2C(=O)O)c(C)c1. The first-order chi connectivity index (χ1) is 8.99. The Kier molecular flexibility index (Phi) is 3.33. The van der Waals surface area contributed by atoms with Crippen LogP contribution in [0.4, 0.5) is 5.69 Å². The predicted octanol–water partition coefficient (Wildman–Crippen LogP) is 1.98. The number of amides is 1. The number of hydrogen-bond donors (Lipinski definition) is 3. The molecular formula is C13H13N3O3. The fourth-order valence-corrected chi connectivity index (χ4v) is 1.76. The van der Waals surface area contributed by atoms with Crippen LogP contribution in [0.1, 0.15) is 32.1 Å². The molecule has 19 heavy (non-hydrogen) atoms. The zero-order chi connectivity index (χ0) is 14.0. The summed E-state index contributed by atoms with van der Waals surface area (Å²) in [4.78, 5) is 29.0. The van der Waals surface area contributed by atoms with E-state index >= 15 is 0 Å². The van der Waals surface area contributed by atoms with E-state index in [1.165, 1.54) is 6.33 Å². The number of carboxylic acids is 1. The van der Waals surface area contributed by atoms with Gasteiger partial charge in [0.1, 0.15) is 0 Å². The van der Waals surface area contributed by atoms with E-state index in [1.54, 1.807) is 6.07 Å². The Hall–Kier alpha value is -2.63. The van der Waals surface area contributed by atoms with Crippen LogP contribution in [0.2, 0.25) is 0 Å². The number of imidazole rings is 1. The molecule has 0 atom stereocenters. The summed E-state index contributed by atoms with van der Waals surface area (Å²) < 4.78 is 0. The minimum atomic E-state index is -1.22. The number of aryl methyl sites for hydroxylation is 2. The Morgan fingerprint density at radius 3 is 2.68 bits per heavy atom. The van der Waals surface area contributed by atoms with Crippen LogP contribution in [0.5, 0.6) is 0 Å². The maximum atomic E-state index is 12.0. The van der Waals surface area contributed by atoms with Crippen LogP contribution in [-0.2, 0) is 0 Å². The lowest BCUT2D eigenvalue weighted by molar-refractivity contribution is 0.0686. The molecule has 3 N–H and O–H groups in total. The van der Waals surface area contributed by atoms with Gasteiger partial charge < -0.3 is 15.4 Å². The Balaban J connectivity index is 2.26. The van der Waals surface area contributed by atoms with E-state index in [0.29, 0.717) is 5.69 Å². The topological polar surface area (TPSA) is 95.1 Å². The van der Waals surface area contributed by atoms with Gasteiger partial charge in [-0.15, -0.1) is 0 Å². The molecule has 0 bridgehead atoms. The van der Waals surface area contributed by atoms with Crippen LogP contribution in [0.25, 0.3) is 0 Å². The first kappa shape index (κ1) is 12.8. The second-order valence-corrected chi connectivity index (χ2v) is 4.20. The summed E-state index contributed by atoms with van der Waals surface area (Å²) in [5.74, 6) is -1.77. The number of aromatic amines is 1. The maximum absolute atomic E-state index is 12.0.